The number of nitrogens with zero attached hydrogens (tertiary/aromatic N) is 1. The molecule has 0 unspecified atom stereocenters. The molecule has 8 nitrogen and oxygen atoms in total. The zero-order valence-corrected chi connectivity index (χ0v) is 15.9. The minimum Gasteiger partial charge on any atom is -0.465 e. The minimum atomic E-state index is -3.87. The Hall–Kier alpha value is -3.46. The number of hydrogen-bond acceptors (Lipinski definition) is 6. The molecular formula is C19H17N3O5S. The number of aryl methyl sites for hydroxylation is 1. The lowest BCUT2D eigenvalue weighted by molar-refractivity contribution is 0.0600. The van der Waals surface area contributed by atoms with E-state index in [-0.39, 0.29) is 16.0 Å². The summed E-state index contributed by atoms with van der Waals surface area (Å²) in [5.41, 5.74) is 1.37. The largest absolute Gasteiger partial charge is 0.465 e. The monoisotopic (exact) mass is 399 g/mol. The molecule has 0 aliphatic rings. The van der Waals surface area contributed by atoms with Crippen LogP contribution in [0.25, 0.3) is 11.4 Å². The third-order valence-corrected chi connectivity index (χ3v) is 5.24. The van der Waals surface area contributed by atoms with E-state index < -0.39 is 16.0 Å². The summed E-state index contributed by atoms with van der Waals surface area (Å²) in [7, 11) is -2.62. The zero-order valence-electron chi connectivity index (χ0n) is 15.1. The average molecular weight is 399 g/mol. The topological polar surface area (TPSA) is 118 Å². The van der Waals surface area contributed by atoms with Crippen molar-refractivity contribution < 1.29 is 17.9 Å². The molecule has 0 saturated carbocycles. The molecule has 0 fully saturated rings. The van der Waals surface area contributed by atoms with Crippen LogP contribution in [0.1, 0.15) is 16.1 Å². The smallest absolute Gasteiger partial charge is 0.337 e. The lowest BCUT2D eigenvalue weighted by atomic mass is 10.2. The molecule has 1 aromatic heterocycles. The van der Waals surface area contributed by atoms with Crippen molar-refractivity contribution in [3.63, 3.8) is 0 Å². The van der Waals surface area contributed by atoms with E-state index in [1.54, 1.807) is 31.2 Å². The first kappa shape index (κ1) is 19.3. The quantitative estimate of drug-likeness (QED) is 0.636. The number of nitrogens with one attached hydrogen (secondary N) is 2. The molecule has 0 radical (unpaired) electrons. The molecule has 0 bridgehead atoms. The molecule has 0 spiro atoms. The summed E-state index contributed by atoms with van der Waals surface area (Å²) < 4.78 is 32.3. The maximum Gasteiger partial charge on any atom is 0.337 e. The normalized spacial score (nSPS) is 11.1. The van der Waals surface area contributed by atoms with Gasteiger partial charge in [-0.3, -0.25) is 9.52 Å². The Labute approximate surface area is 161 Å². The van der Waals surface area contributed by atoms with Gasteiger partial charge in [0, 0.05) is 23.0 Å². The summed E-state index contributed by atoms with van der Waals surface area (Å²) in [6, 6.07) is 13.3. The van der Waals surface area contributed by atoms with Gasteiger partial charge in [-0.2, -0.15) is 0 Å². The molecule has 3 aromatic rings. The van der Waals surface area contributed by atoms with E-state index in [2.05, 4.69) is 19.4 Å². The maximum atomic E-state index is 12.6. The first-order chi connectivity index (χ1) is 13.3. The Kier molecular flexibility index (Phi) is 5.27. The molecule has 1 heterocycles. The Bertz CT molecular complexity index is 1180. The number of aromatic amines is 1. The van der Waals surface area contributed by atoms with Gasteiger partial charge in [0.2, 0.25) is 0 Å². The van der Waals surface area contributed by atoms with Gasteiger partial charge in [0.25, 0.3) is 15.6 Å². The van der Waals surface area contributed by atoms with Crippen molar-refractivity contribution in [2.24, 2.45) is 0 Å². The summed E-state index contributed by atoms with van der Waals surface area (Å²) in [5.74, 6) is -0.210. The van der Waals surface area contributed by atoms with Gasteiger partial charge < -0.3 is 9.72 Å². The molecule has 2 N–H and O–H groups in total. The number of carbonyl (C=O) groups excluding carboxylic acids is 1. The van der Waals surface area contributed by atoms with E-state index in [1.807, 2.05) is 0 Å². The van der Waals surface area contributed by atoms with Crippen LogP contribution in [0.3, 0.4) is 0 Å². The molecule has 0 atom stereocenters. The van der Waals surface area contributed by atoms with Crippen molar-refractivity contribution in [2.75, 3.05) is 11.8 Å². The predicted molar refractivity (Wildman–Crippen MR) is 104 cm³/mol. The average Bonchev–Trinajstić information content (AvgIpc) is 2.66. The zero-order chi connectivity index (χ0) is 20.3. The van der Waals surface area contributed by atoms with Crippen molar-refractivity contribution >= 4 is 21.7 Å². The fourth-order valence-corrected chi connectivity index (χ4v) is 3.60. The molecular weight excluding hydrogens is 382 g/mol. The Morgan fingerprint density at radius 3 is 2.46 bits per heavy atom. The summed E-state index contributed by atoms with van der Waals surface area (Å²) in [5, 5.41) is 0. The predicted octanol–water partition coefficient (Wildman–Crippen LogP) is 2.33. The fraction of sp³-hybridized carbons (Fsp3) is 0.105. The van der Waals surface area contributed by atoms with Crippen LogP contribution >= 0.6 is 0 Å². The van der Waals surface area contributed by atoms with E-state index in [9.17, 15) is 18.0 Å². The second-order valence-electron chi connectivity index (χ2n) is 5.94. The number of benzene rings is 2. The van der Waals surface area contributed by atoms with E-state index in [0.717, 1.165) is 0 Å². The highest BCUT2D eigenvalue weighted by atomic mass is 32.2. The van der Waals surface area contributed by atoms with Gasteiger partial charge in [-0.25, -0.2) is 18.2 Å². The van der Waals surface area contributed by atoms with Gasteiger partial charge in [0.05, 0.1) is 17.6 Å². The van der Waals surface area contributed by atoms with Crippen molar-refractivity contribution in [1.82, 2.24) is 9.97 Å². The van der Waals surface area contributed by atoms with Crippen LogP contribution in [-0.4, -0.2) is 31.5 Å². The van der Waals surface area contributed by atoms with Crippen LogP contribution in [0, 0.1) is 6.92 Å². The van der Waals surface area contributed by atoms with Gasteiger partial charge in [0.15, 0.2) is 0 Å². The number of sulfonamides is 1. The number of H-pyrrole nitrogens is 1. The van der Waals surface area contributed by atoms with E-state index in [4.69, 9.17) is 0 Å². The molecule has 0 amide bonds. The number of rotatable bonds is 5. The minimum absolute atomic E-state index is 0.00681. The number of esters is 1. The molecule has 0 aliphatic carbocycles. The second kappa shape index (κ2) is 7.65. The van der Waals surface area contributed by atoms with Crippen molar-refractivity contribution in [3.8, 4) is 11.4 Å². The number of aromatic nitrogens is 2. The molecule has 9 heteroatoms. The lowest BCUT2D eigenvalue weighted by Gasteiger charge is -2.10. The van der Waals surface area contributed by atoms with Crippen LogP contribution in [-0.2, 0) is 14.8 Å². The lowest BCUT2D eigenvalue weighted by Crippen LogP contribution is -2.13. The summed E-state index contributed by atoms with van der Waals surface area (Å²) in [4.78, 5) is 30.0. The van der Waals surface area contributed by atoms with E-state index in [1.165, 1.54) is 37.4 Å². The number of carbonyl (C=O) groups is 1. The summed E-state index contributed by atoms with van der Waals surface area (Å²) in [6.45, 7) is 1.70. The van der Waals surface area contributed by atoms with Gasteiger partial charge in [-0.1, -0.05) is 12.1 Å². The van der Waals surface area contributed by atoms with Crippen molar-refractivity contribution in [2.45, 2.75) is 11.8 Å². The third-order valence-electron chi connectivity index (χ3n) is 3.84. The number of methoxy groups -OCH3 is 1. The van der Waals surface area contributed by atoms with Crippen molar-refractivity contribution in [1.29, 1.82) is 0 Å². The molecule has 0 saturated heterocycles. The number of hydrogen-bond donors (Lipinski definition) is 2. The summed E-state index contributed by atoms with van der Waals surface area (Å²) in [6.07, 6.45) is 0. The highest BCUT2D eigenvalue weighted by Crippen LogP contribution is 2.22. The molecule has 3 rings (SSSR count). The Morgan fingerprint density at radius 2 is 1.82 bits per heavy atom. The molecule has 144 valence electrons. The van der Waals surface area contributed by atoms with Gasteiger partial charge in [-0.15, -0.1) is 0 Å². The van der Waals surface area contributed by atoms with E-state index >= 15 is 0 Å². The van der Waals surface area contributed by atoms with Gasteiger partial charge in [-0.05, 0) is 43.3 Å². The van der Waals surface area contributed by atoms with Gasteiger partial charge in [0.1, 0.15) is 5.82 Å². The van der Waals surface area contributed by atoms with Crippen LogP contribution in [0.15, 0.2) is 64.3 Å². The fourth-order valence-electron chi connectivity index (χ4n) is 2.55. The van der Waals surface area contributed by atoms with Crippen LogP contribution in [0.5, 0.6) is 0 Å². The maximum absolute atomic E-state index is 12.6. The van der Waals surface area contributed by atoms with E-state index in [0.29, 0.717) is 22.8 Å². The van der Waals surface area contributed by atoms with Crippen LogP contribution < -0.4 is 10.3 Å². The highest BCUT2D eigenvalue weighted by molar-refractivity contribution is 7.92. The van der Waals surface area contributed by atoms with Crippen LogP contribution in [0.4, 0.5) is 5.69 Å². The standard InChI is InChI=1S/C19H17N3O5S/c1-12-10-17(23)21-18(20-12)14-4-3-5-15(11-14)22-28(25,26)16-8-6-13(7-9-16)19(24)27-2/h3-11,22H,1-2H3,(H,20,21,23). The molecule has 2 aromatic carbocycles. The van der Waals surface area contributed by atoms with Crippen molar-refractivity contribution in [3.05, 3.63) is 76.2 Å². The highest BCUT2D eigenvalue weighted by Gasteiger charge is 2.16. The number of anilines is 1. The SMILES string of the molecule is COC(=O)c1ccc(S(=O)(=O)Nc2cccc(-c3nc(C)cc(=O)[nH]3)c2)cc1. The molecule has 28 heavy (non-hydrogen) atoms. The molecule has 0 aliphatic heterocycles. The first-order valence-electron chi connectivity index (χ1n) is 8.18. The van der Waals surface area contributed by atoms with Gasteiger partial charge >= 0.3 is 5.97 Å². The number of ether oxygens (including phenoxy) is 1. The first-order valence-corrected chi connectivity index (χ1v) is 9.66. The second-order valence-corrected chi connectivity index (χ2v) is 7.62. The Balaban J connectivity index is 1.88. The van der Waals surface area contributed by atoms with Crippen LogP contribution in [0.2, 0.25) is 0 Å². The summed E-state index contributed by atoms with van der Waals surface area (Å²) >= 11 is 0. The third kappa shape index (κ3) is 4.26. The Morgan fingerprint density at radius 1 is 1.11 bits per heavy atom.